The number of hydrogen-bond acceptors (Lipinski definition) is 5. The van der Waals surface area contributed by atoms with Gasteiger partial charge in [-0.2, -0.15) is 0 Å². The molecule has 0 aliphatic carbocycles. The highest BCUT2D eigenvalue weighted by Gasteiger charge is 2.09. The second kappa shape index (κ2) is 9.91. The fraction of sp³-hybridized carbons (Fsp3) is 0.190. The average molecular weight is 382 g/mol. The molecule has 28 heavy (non-hydrogen) atoms. The summed E-state index contributed by atoms with van der Waals surface area (Å²) in [6.45, 7) is 1.72. The summed E-state index contributed by atoms with van der Waals surface area (Å²) in [6, 6.07) is 12.1. The normalized spacial score (nSPS) is 10.4. The van der Waals surface area contributed by atoms with Gasteiger partial charge in [-0.1, -0.05) is 17.7 Å². The second-order valence-corrected chi connectivity index (χ2v) is 5.91. The van der Waals surface area contributed by atoms with Crippen LogP contribution in [-0.2, 0) is 14.3 Å². The van der Waals surface area contributed by atoms with Crippen LogP contribution in [0.5, 0.6) is 5.75 Å². The van der Waals surface area contributed by atoms with Crippen molar-refractivity contribution in [3.63, 3.8) is 0 Å². The zero-order valence-electron chi connectivity index (χ0n) is 15.9. The Labute approximate surface area is 163 Å². The number of rotatable bonds is 7. The van der Waals surface area contributed by atoms with Gasteiger partial charge in [0, 0.05) is 22.9 Å². The quantitative estimate of drug-likeness (QED) is 0.567. The van der Waals surface area contributed by atoms with Crippen molar-refractivity contribution in [3.8, 4) is 5.75 Å². The SMILES string of the molecule is COC(=O)CNC(=O)c1cccc(NC(=O)C=Cc2cc(C)ccc2OC)c1. The van der Waals surface area contributed by atoms with E-state index in [1.165, 1.54) is 19.3 Å². The van der Waals surface area contributed by atoms with Crippen LogP contribution in [0.15, 0.2) is 48.5 Å². The van der Waals surface area contributed by atoms with Crippen molar-refractivity contribution in [2.75, 3.05) is 26.1 Å². The van der Waals surface area contributed by atoms with Crippen molar-refractivity contribution in [1.29, 1.82) is 0 Å². The van der Waals surface area contributed by atoms with Crippen LogP contribution in [0.25, 0.3) is 6.08 Å². The van der Waals surface area contributed by atoms with Gasteiger partial charge in [-0.15, -0.1) is 0 Å². The summed E-state index contributed by atoms with van der Waals surface area (Å²) < 4.78 is 9.75. The van der Waals surface area contributed by atoms with Gasteiger partial charge < -0.3 is 20.1 Å². The van der Waals surface area contributed by atoms with Crippen molar-refractivity contribution < 1.29 is 23.9 Å². The van der Waals surface area contributed by atoms with Crippen molar-refractivity contribution >= 4 is 29.5 Å². The molecule has 0 unspecified atom stereocenters. The molecule has 2 amide bonds. The van der Waals surface area contributed by atoms with E-state index in [0.29, 0.717) is 17.0 Å². The summed E-state index contributed by atoms with van der Waals surface area (Å²) in [5, 5.41) is 5.14. The topological polar surface area (TPSA) is 93.7 Å². The van der Waals surface area contributed by atoms with Crippen LogP contribution in [0.3, 0.4) is 0 Å². The van der Waals surface area contributed by atoms with Gasteiger partial charge in [0.2, 0.25) is 5.91 Å². The molecule has 2 rings (SSSR count). The fourth-order valence-corrected chi connectivity index (χ4v) is 2.40. The Morgan fingerprint density at radius 1 is 1.07 bits per heavy atom. The molecule has 0 aromatic heterocycles. The van der Waals surface area contributed by atoms with E-state index in [4.69, 9.17) is 4.74 Å². The highest BCUT2D eigenvalue weighted by atomic mass is 16.5. The molecule has 0 saturated carbocycles. The molecular weight excluding hydrogens is 360 g/mol. The third-order valence-corrected chi connectivity index (χ3v) is 3.81. The van der Waals surface area contributed by atoms with Gasteiger partial charge in [-0.05, 0) is 43.3 Å². The van der Waals surface area contributed by atoms with Crippen LogP contribution in [0.1, 0.15) is 21.5 Å². The van der Waals surface area contributed by atoms with E-state index in [9.17, 15) is 14.4 Å². The third kappa shape index (κ3) is 5.98. The van der Waals surface area contributed by atoms with Gasteiger partial charge in [0.25, 0.3) is 5.91 Å². The van der Waals surface area contributed by atoms with E-state index in [1.54, 1.807) is 31.4 Å². The lowest BCUT2D eigenvalue weighted by atomic mass is 10.1. The summed E-state index contributed by atoms with van der Waals surface area (Å²) in [6.07, 6.45) is 3.05. The van der Waals surface area contributed by atoms with Gasteiger partial charge in [0.05, 0.1) is 14.2 Å². The number of nitrogens with one attached hydrogen (secondary N) is 2. The molecule has 7 nitrogen and oxygen atoms in total. The molecular formula is C21H22N2O5. The first-order valence-electron chi connectivity index (χ1n) is 8.51. The Hall–Kier alpha value is -3.61. The molecule has 0 radical (unpaired) electrons. The molecule has 7 heteroatoms. The van der Waals surface area contributed by atoms with Gasteiger partial charge >= 0.3 is 5.97 Å². The second-order valence-electron chi connectivity index (χ2n) is 5.91. The summed E-state index contributed by atoms with van der Waals surface area (Å²) in [5.74, 6) is -0.675. The summed E-state index contributed by atoms with van der Waals surface area (Å²) in [7, 11) is 2.81. The monoisotopic (exact) mass is 382 g/mol. The number of benzene rings is 2. The van der Waals surface area contributed by atoms with Crippen LogP contribution in [0.4, 0.5) is 5.69 Å². The van der Waals surface area contributed by atoms with E-state index >= 15 is 0 Å². The minimum atomic E-state index is -0.547. The van der Waals surface area contributed by atoms with E-state index < -0.39 is 11.9 Å². The number of hydrogen-bond donors (Lipinski definition) is 2. The zero-order chi connectivity index (χ0) is 20.5. The Balaban J connectivity index is 2.03. The van der Waals surface area contributed by atoms with E-state index in [1.807, 2.05) is 25.1 Å². The Bertz CT molecular complexity index is 905. The molecule has 2 aromatic rings. The first kappa shape index (κ1) is 20.7. The van der Waals surface area contributed by atoms with Crippen LogP contribution < -0.4 is 15.4 Å². The number of carbonyl (C=O) groups is 3. The fourth-order valence-electron chi connectivity index (χ4n) is 2.40. The van der Waals surface area contributed by atoms with Crippen LogP contribution in [-0.4, -0.2) is 38.5 Å². The molecule has 0 atom stereocenters. The van der Waals surface area contributed by atoms with Crippen molar-refractivity contribution in [1.82, 2.24) is 5.32 Å². The molecule has 0 heterocycles. The Morgan fingerprint density at radius 3 is 2.57 bits per heavy atom. The lowest BCUT2D eigenvalue weighted by Gasteiger charge is -2.07. The Kier molecular flexibility index (Phi) is 7.33. The number of aryl methyl sites for hydroxylation is 1. The lowest BCUT2D eigenvalue weighted by Crippen LogP contribution is -2.30. The number of methoxy groups -OCH3 is 2. The van der Waals surface area contributed by atoms with Gasteiger partial charge in [0.1, 0.15) is 12.3 Å². The number of ether oxygens (including phenoxy) is 2. The molecule has 0 fully saturated rings. The smallest absolute Gasteiger partial charge is 0.325 e. The summed E-state index contributed by atoms with van der Waals surface area (Å²) in [5.41, 5.74) is 2.60. The minimum absolute atomic E-state index is 0.229. The van der Waals surface area contributed by atoms with Crippen LogP contribution in [0, 0.1) is 6.92 Å². The maximum Gasteiger partial charge on any atom is 0.325 e. The van der Waals surface area contributed by atoms with Gasteiger partial charge in [-0.25, -0.2) is 0 Å². The highest BCUT2D eigenvalue weighted by Crippen LogP contribution is 2.21. The molecule has 2 aromatic carbocycles. The first-order chi connectivity index (χ1) is 13.4. The molecule has 0 aliphatic heterocycles. The molecule has 0 aliphatic rings. The van der Waals surface area contributed by atoms with E-state index in [-0.39, 0.29) is 12.5 Å². The predicted molar refractivity (Wildman–Crippen MR) is 106 cm³/mol. The van der Waals surface area contributed by atoms with Crippen molar-refractivity contribution in [2.24, 2.45) is 0 Å². The molecule has 146 valence electrons. The Morgan fingerprint density at radius 2 is 1.86 bits per heavy atom. The number of esters is 1. The third-order valence-electron chi connectivity index (χ3n) is 3.81. The lowest BCUT2D eigenvalue weighted by molar-refractivity contribution is -0.139. The standard InChI is InChI=1S/C21H22N2O5/c1-14-7-9-18(27-2)15(11-14)8-10-19(24)23-17-6-4-5-16(12-17)21(26)22-13-20(25)28-3/h4-12H,13H2,1-3H3,(H,22,26)(H,23,24). The van der Waals surface area contributed by atoms with Gasteiger partial charge in [-0.3, -0.25) is 14.4 Å². The molecule has 0 bridgehead atoms. The minimum Gasteiger partial charge on any atom is -0.496 e. The number of carbonyl (C=O) groups excluding carboxylic acids is 3. The largest absolute Gasteiger partial charge is 0.496 e. The molecule has 0 saturated heterocycles. The van der Waals surface area contributed by atoms with Crippen molar-refractivity contribution in [3.05, 3.63) is 65.2 Å². The van der Waals surface area contributed by atoms with Gasteiger partial charge in [0.15, 0.2) is 0 Å². The summed E-state index contributed by atoms with van der Waals surface area (Å²) in [4.78, 5) is 35.4. The number of anilines is 1. The first-order valence-corrected chi connectivity index (χ1v) is 8.51. The van der Waals surface area contributed by atoms with Crippen LogP contribution in [0.2, 0.25) is 0 Å². The van der Waals surface area contributed by atoms with E-state index in [2.05, 4.69) is 15.4 Å². The van der Waals surface area contributed by atoms with Crippen molar-refractivity contribution in [2.45, 2.75) is 6.92 Å². The van der Waals surface area contributed by atoms with E-state index in [0.717, 1.165) is 11.1 Å². The average Bonchev–Trinajstić information content (AvgIpc) is 2.70. The maximum atomic E-state index is 12.2. The highest BCUT2D eigenvalue weighted by molar-refractivity contribution is 6.03. The predicted octanol–water partition coefficient (Wildman–Crippen LogP) is 2.56. The number of amides is 2. The maximum absolute atomic E-state index is 12.2. The molecule has 2 N–H and O–H groups in total. The summed E-state index contributed by atoms with van der Waals surface area (Å²) >= 11 is 0. The molecule has 0 spiro atoms. The zero-order valence-corrected chi connectivity index (χ0v) is 15.9. The van der Waals surface area contributed by atoms with Crippen LogP contribution >= 0.6 is 0 Å².